The van der Waals surface area contributed by atoms with Gasteiger partial charge in [0.25, 0.3) is 0 Å². The molecule has 0 unspecified atom stereocenters. The fourth-order valence-corrected chi connectivity index (χ4v) is 9.16. The maximum atomic E-state index is 6.31. The molecule has 0 aromatic rings. The Labute approximate surface area is 153 Å². The molecule has 0 spiro atoms. The highest BCUT2D eigenvalue weighted by atomic mass is 28.4. The van der Waals surface area contributed by atoms with Gasteiger partial charge in [0.15, 0.2) is 0 Å². The standard InChI is InChI=1S/C18H42O4Si2/c1-15(2)12-19-24(11,20-13-16(3)4)14-23(21-17(5,6)7)22-18(8,9)10/h15-16,23H,12-14H2,1-11H3. The molecule has 0 radical (unpaired) electrons. The smallest absolute Gasteiger partial charge is 0.336 e. The second kappa shape index (κ2) is 9.83. The van der Waals surface area contributed by atoms with Gasteiger partial charge in [-0.3, -0.25) is 0 Å². The SMILES string of the molecule is CC(C)CO[Si](C)(C[SiH](OC(C)(C)C)OC(C)(C)C)OCC(C)C. The van der Waals surface area contributed by atoms with Crippen molar-refractivity contribution in [3.05, 3.63) is 0 Å². The highest BCUT2D eigenvalue weighted by Gasteiger charge is 2.40. The van der Waals surface area contributed by atoms with Crippen molar-refractivity contribution in [2.75, 3.05) is 13.2 Å². The minimum atomic E-state index is -2.33. The van der Waals surface area contributed by atoms with Gasteiger partial charge in [0, 0.05) is 30.1 Å². The van der Waals surface area contributed by atoms with E-state index in [2.05, 4.69) is 75.8 Å². The molecular weight excluding hydrogens is 336 g/mol. The summed E-state index contributed by atoms with van der Waals surface area (Å²) >= 11 is 0. The summed E-state index contributed by atoms with van der Waals surface area (Å²) in [5.74, 6) is 0.985. The van der Waals surface area contributed by atoms with Crippen molar-refractivity contribution in [1.29, 1.82) is 0 Å². The monoisotopic (exact) mass is 378 g/mol. The van der Waals surface area contributed by atoms with Crippen LogP contribution in [0.15, 0.2) is 0 Å². The summed E-state index contributed by atoms with van der Waals surface area (Å²) in [7, 11) is -4.25. The summed E-state index contributed by atoms with van der Waals surface area (Å²) in [4.78, 5) is 0. The Morgan fingerprint density at radius 2 is 1.08 bits per heavy atom. The fraction of sp³-hybridized carbons (Fsp3) is 1.00. The second-order valence-corrected chi connectivity index (χ2v) is 15.4. The van der Waals surface area contributed by atoms with E-state index in [0.29, 0.717) is 11.8 Å². The summed E-state index contributed by atoms with van der Waals surface area (Å²) in [6.45, 7) is 24.8. The summed E-state index contributed by atoms with van der Waals surface area (Å²) in [6.07, 6.45) is 0. The predicted octanol–water partition coefficient (Wildman–Crippen LogP) is 4.79. The molecule has 24 heavy (non-hydrogen) atoms. The molecule has 0 saturated carbocycles. The molecule has 0 aliphatic carbocycles. The zero-order valence-electron chi connectivity index (χ0n) is 18.0. The third-order valence-corrected chi connectivity index (χ3v) is 10.7. The largest absolute Gasteiger partial charge is 0.394 e. The van der Waals surface area contributed by atoms with Gasteiger partial charge in [-0.15, -0.1) is 0 Å². The van der Waals surface area contributed by atoms with Crippen molar-refractivity contribution in [2.24, 2.45) is 11.8 Å². The molecule has 0 heterocycles. The van der Waals surface area contributed by atoms with Crippen molar-refractivity contribution in [1.82, 2.24) is 0 Å². The van der Waals surface area contributed by atoms with Crippen LogP contribution in [0.3, 0.4) is 0 Å². The summed E-state index contributed by atoms with van der Waals surface area (Å²) < 4.78 is 25.2. The molecule has 0 amide bonds. The topological polar surface area (TPSA) is 36.9 Å². The van der Waals surface area contributed by atoms with Gasteiger partial charge in [-0.25, -0.2) is 0 Å². The number of hydrogen-bond donors (Lipinski definition) is 0. The quantitative estimate of drug-likeness (QED) is 0.512. The van der Waals surface area contributed by atoms with Crippen LogP contribution in [0.2, 0.25) is 12.2 Å². The molecule has 0 rings (SSSR count). The van der Waals surface area contributed by atoms with Crippen LogP contribution in [0.4, 0.5) is 0 Å². The van der Waals surface area contributed by atoms with E-state index >= 15 is 0 Å². The lowest BCUT2D eigenvalue weighted by Crippen LogP contribution is -2.49. The van der Waals surface area contributed by atoms with Crippen molar-refractivity contribution in [2.45, 2.75) is 92.7 Å². The van der Waals surface area contributed by atoms with Gasteiger partial charge < -0.3 is 17.7 Å². The van der Waals surface area contributed by atoms with Crippen LogP contribution in [0.5, 0.6) is 0 Å². The van der Waals surface area contributed by atoms with Crippen LogP contribution in [0.25, 0.3) is 0 Å². The normalized spacial score (nSPS) is 14.2. The molecule has 0 aliphatic heterocycles. The molecule has 0 aromatic carbocycles. The average molecular weight is 379 g/mol. The molecule has 0 bridgehead atoms. The van der Waals surface area contributed by atoms with Gasteiger partial charge >= 0.3 is 17.8 Å². The fourth-order valence-electron chi connectivity index (χ4n) is 2.04. The number of hydrogen-bond acceptors (Lipinski definition) is 4. The molecular formula is C18H42O4Si2. The first-order valence-electron chi connectivity index (χ1n) is 9.25. The third-order valence-electron chi connectivity index (χ3n) is 2.95. The van der Waals surface area contributed by atoms with Crippen LogP contribution in [-0.2, 0) is 17.7 Å². The molecule has 0 atom stereocenters. The van der Waals surface area contributed by atoms with Crippen LogP contribution < -0.4 is 0 Å². The Bertz CT molecular complexity index is 318. The highest BCUT2D eigenvalue weighted by Crippen LogP contribution is 2.24. The van der Waals surface area contributed by atoms with Gasteiger partial charge in [-0.1, -0.05) is 27.7 Å². The van der Waals surface area contributed by atoms with E-state index in [4.69, 9.17) is 17.7 Å². The first-order chi connectivity index (χ1) is 10.6. The Morgan fingerprint density at radius 1 is 0.750 bits per heavy atom. The molecule has 0 aliphatic rings. The van der Waals surface area contributed by atoms with E-state index < -0.39 is 17.8 Å². The van der Waals surface area contributed by atoms with Crippen molar-refractivity contribution >= 4 is 17.8 Å². The van der Waals surface area contributed by atoms with Gasteiger partial charge in [-0.2, -0.15) is 0 Å². The van der Waals surface area contributed by atoms with Gasteiger partial charge in [0.05, 0.1) is 0 Å². The Kier molecular flexibility index (Phi) is 9.94. The van der Waals surface area contributed by atoms with Crippen molar-refractivity contribution in [3.8, 4) is 0 Å². The average Bonchev–Trinajstić information content (AvgIpc) is 2.30. The minimum absolute atomic E-state index is 0.215. The first-order valence-corrected chi connectivity index (χ1v) is 13.5. The summed E-state index contributed by atoms with van der Waals surface area (Å²) in [5, 5.41) is 0. The van der Waals surface area contributed by atoms with Crippen molar-refractivity contribution in [3.63, 3.8) is 0 Å². The molecule has 0 saturated heterocycles. The van der Waals surface area contributed by atoms with E-state index in [1.165, 1.54) is 0 Å². The molecule has 146 valence electrons. The van der Waals surface area contributed by atoms with Gasteiger partial charge in [0.1, 0.15) is 0 Å². The molecule has 4 nitrogen and oxygen atoms in total. The Hall–Kier alpha value is 0.274. The lowest BCUT2D eigenvalue weighted by Gasteiger charge is -2.36. The van der Waals surface area contributed by atoms with Crippen LogP contribution >= 0.6 is 0 Å². The van der Waals surface area contributed by atoms with E-state index in [0.717, 1.165) is 18.9 Å². The van der Waals surface area contributed by atoms with E-state index in [1.807, 2.05) is 0 Å². The second-order valence-electron chi connectivity index (χ2n) is 9.64. The predicted molar refractivity (Wildman–Crippen MR) is 107 cm³/mol. The van der Waals surface area contributed by atoms with Crippen LogP contribution in [0, 0.1) is 11.8 Å². The van der Waals surface area contributed by atoms with E-state index in [9.17, 15) is 0 Å². The summed E-state index contributed by atoms with van der Waals surface area (Å²) in [5.41, 5.74) is 0.377. The van der Waals surface area contributed by atoms with E-state index in [1.54, 1.807) is 0 Å². The van der Waals surface area contributed by atoms with Crippen molar-refractivity contribution < 1.29 is 17.7 Å². The Morgan fingerprint density at radius 3 is 1.33 bits per heavy atom. The maximum Gasteiger partial charge on any atom is 0.336 e. The summed E-state index contributed by atoms with van der Waals surface area (Å²) in [6, 6.07) is 0. The van der Waals surface area contributed by atoms with Gasteiger partial charge in [-0.05, 0) is 59.9 Å². The minimum Gasteiger partial charge on any atom is -0.394 e. The molecule has 6 heteroatoms. The van der Waals surface area contributed by atoms with Crippen LogP contribution in [-0.4, -0.2) is 42.3 Å². The first kappa shape index (κ1) is 24.3. The molecule has 0 N–H and O–H groups in total. The zero-order valence-corrected chi connectivity index (χ0v) is 20.1. The maximum absolute atomic E-state index is 6.31. The third kappa shape index (κ3) is 13.6. The van der Waals surface area contributed by atoms with Crippen LogP contribution in [0.1, 0.15) is 69.2 Å². The number of rotatable bonds is 10. The highest BCUT2D eigenvalue weighted by molar-refractivity contribution is 6.77. The zero-order chi connectivity index (χ0) is 19.2. The molecule has 0 fully saturated rings. The lowest BCUT2D eigenvalue weighted by atomic mass is 10.2. The van der Waals surface area contributed by atoms with E-state index in [-0.39, 0.29) is 11.2 Å². The lowest BCUT2D eigenvalue weighted by molar-refractivity contribution is 0.0335. The Balaban J connectivity index is 5.15. The van der Waals surface area contributed by atoms with Gasteiger partial charge in [0.2, 0.25) is 0 Å². The molecule has 0 aromatic heterocycles.